The fourth-order valence-corrected chi connectivity index (χ4v) is 2.68. The molecule has 3 heteroatoms. The first-order chi connectivity index (χ1) is 11.8. The van der Waals surface area contributed by atoms with Crippen LogP contribution in [-0.2, 0) is 14.2 Å². The van der Waals surface area contributed by atoms with Crippen molar-refractivity contribution in [3.63, 3.8) is 0 Å². The third kappa shape index (κ3) is 18.0. The lowest BCUT2D eigenvalue weighted by Gasteiger charge is -2.14. The van der Waals surface area contributed by atoms with Crippen LogP contribution in [-0.4, -0.2) is 40.1 Å². The zero-order chi connectivity index (χ0) is 17.7. The molecule has 0 amide bonds. The molecular weight excluding hydrogens is 300 g/mol. The number of unbranched alkanes of at least 4 members (excludes halogenated alkanes) is 10. The van der Waals surface area contributed by atoms with E-state index >= 15 is 0 Å². The Hall–Kier alpha value is -0.380. The summed E-state index contributed by atoms with van der Waals surface area (Å²) >= 11 is 0. The summed E-state index contributed by atoms with van der Waals surface area (Å²) in [5.41, 5.74) is 0. The Balaban J connectivity index is 3.16. The van der Waals surface area contributed by atoms with Crippen molar-refractivity contribution < 1.29 is 14.2 Å². The highest BCUT2D eigenvalue weighted by atomic mass is 16.5. The smallest absolute Gasteiger partial charge is 0.104 e. The number of ether oxygens (including phenoxy) is 3. The molecule has 0 fully saturated rings. The van der Waals surface area contributed by atoms with Gasteiger partial charge in [-0.1, -0.05) is 64.0 Å². The van der Waals surface area contributed by atoms with Gasteiger partial charge < -0.3 is 14.2 Å². The molecule has 1 unspecified atom stereocenters. The summed E-state index contributed by atoms with van der Waals surface area (Å²) in [4.78, 5) is 0. The number of rotatable bonds is 19. The summed E-state index contributed by atoms with van der Waals surface area (Å²) in [5, 5.41) is 0. The Morgan fingerprint density at radius 2 is 1.29 bits per heavy atom. The molecule has 3 nitrogen and oxygen atoms in total. The van der Waals surface area contributed by atoms with Crippen molar-refractivity contribution >= 4 is 0 Å². The Morgan fingerprint density at radius 1 is 0.708 bits per heavy atom. The SMILES string of the molecule is CCCCCC/C=C/CCCCCCCCOCC(COC)OC. The number of methoxy groups -OCH3 is 2. The van der Waals surface area contributed by atoms with Gasteiger partial charge in [-0.05, 0) is 32.1 Å². The van der Waals surface area contributed by atoms with Gasteiger partial charge in [0.1, 0.15) is 6.10 Å². The maximum Gasteiger partial charge on any atom is 0.104 e. The van der Waals surface area contributed by atoms with Gasteiger partial charge in [0.25, 0.3) is 0 Å². The molecule has 1 atom stereocenters. The summed E-state index contributed by atoms with van der Waals surface area (Å²) < 4.78 is 16.0. The molecule has 0 aliphatic rings. The van der Waals surface area contributed by atoms with Crippen molar-refractivity contribution in [2.45, 2.75) is 90.1 Å². The molecule has 0 N–H and O–H groups in total. The number of hydrogen-bond acceptors (Lipinski definition) is 3. The first kappa shape index (κ1) is 23.6. The maximum absolute atomic E-state index is 5.63. The molecule has 144 valence electrons. The lowest BCUT2D eigenvalue weighted by Crippen LogP contribution is -2.23. The van der Waals surface area contributed by atoms with E-state index < -0.39 is 0 Å². The van der Waals surface area contributed by atoms with Crippen LogP contribution < -0.4 is 0 Å². The Labute approximate surface area is 151 Å². The van der Waals surface area contributed by atoms with Crippen molar-refractivity contribution in [3.8, 4) is 0 Å². The minimum Gasteiger partial charge on any atom is -0.382 e. The quantitative estimate of drug-likeness (QED) is 0.215. The lowest BCUT2D eigenvalue weighted by atomic mass is 10.1. The second-order valence-corrected chi connectivity index (χ2v) is 6.62. The molecule has 0 aliphatic heterocycles. The summed E-state index contributed by atoms with van der Waals surface area (Å²) in [6, 6.07) is 0. The summed E-state index contributed by atoms with van der Waals surface area (Å²) in [5.74, 6) is 0. The molecule has 0 saturated carbocycles. The van der Waals surface area contributed by atoms with Crippen molar-refractivity contribution in [1.29, 1.82) is 0 Å². The van der Waals surface area contributed by atoms with Crippen molar-refractivity contribution in [2.75, 3.05) is 34.0 Å². The largest absolute Gasteiger partial charge is 0.382 e. The van der Waals surface area contributed by atoms with Crippen molar-refractivity contribution in [1.82, 2.24) is 0 Å². The molecule has 0 aromatic carbocycles. The molecule has 0 aromatic heterocycles. The Bertz CT molecular complexity index is 253. The number of hydrogen-bond donors (Lipinski definition) is 0. The van der Waals surface area contributed by atoms with Gasteiger partial charge in [0.05, 0.1) is 13.2 Å². The van der Waals surface area contributed by atoms with Gasteiger partial charge in [0, 0.05) is 20.8 Å². The van der Waals surface area contributed by atoms with Crippen LogP contribution >= 0.6 is 0 Å². The van der Waals surface area contributed by atoms with E-state index in [0.29, 0.717) is 13.2 Å². The molecule has 24 heavy (non-hydrogen) atoms. The van der Waals surface area contributed by atoms with Crippen LogP contribution in [0.5, 0.6) is 0 Å². The van der Waals surface area contributed by atoms with Gasteiger partial charge in [-0.15, -0.1) is 0 Å². The van der Waals surface area contributed by atoms with E-state index in [1.54, 1.807) is 14.2 Å². The normalized spacial score (nSPS) is 13.0. The van der Waals surface area contributed by atoms with Gasteiger partial charge in [0.15, 0.2) is 0 Å². The zero-order valence-electron chi connectivity index (χ0n) is 16.6. The first-order valence-electron chi connectivity index (χ1n) is 10.1. The summed E-state index contributed by atoms with van der Waals surface area (Å²) in [6.45, 7) is 4.34. The van der Waals surface area contributed by atoms with Gasteiger partial charge in [-0.25, -0.2) is 0 Å². The van der Waals surface area contributed by atoms with Gasteiger partial charge in [-0.2, -0.15) is 0 Å². The van der Waals surface area contributed by atoms with E-state index in [1.807, 2.05) is 0 Å². The highest BCUT2D eigenvalue weighted by Gasteiger charge is 2.05. The van der Waals surface area contributed by atoms with Crippen LogP contribution in [0.3, 0.4) is 0 Å². The van der Waals surface area contributed by atoms with E-state index in [1.165, 1.54) is 70.6 Å². The fourth-order valence-electron chi connectivity index (χ4n) is 2.68. The molecule has 0 aromatic rings. The van der Waals surface area contributed by atoms with Gasteiger partial charge in [0.2, 0.25) is 0 Å². The van der Waals surface area contributed by atoms with Gasteiger partial charge >= 0.3 is 0 Å². The van der Waals surface area contributed by atoms with E-state index in [-0.39, 0.29) is 6.10 Å². The van der Waals surface area contributed by atoms with Crippen LogP contribution in [0.15, 0.2) is 12.2 Å². The topological polar surface area (TPSA) is 27.7 Å². The Kier molecular flexibility index (Phi) is 20.3. The zero-order valence-corrected chi connectivity index (χ0v) is 16.6. The molecule has 0 heterocycles. The Morgan fingerprint density at radius 3 is 1.88 bits per heavy atom. The lowest BCUT2D eigenvalue weighted by molar-refractivity contribution is -0.0308. The van der Waals surface area contributed by atoms with Crippen molar-refractivity contribution in [3.05, 3.63) is 12.2 Å². The molecular formula is C21H42O3. The number of allylic oxidation sites excluding steroid dienone is 2. The molecule has 0 aliphatic carbocycles. The average Bonchev–Trinajstić information content (AvgIpc) is 2.60. The van der Waals surface area contributed by atoms with E-state index in [9.17, 15) is 0 Å². The summed E-state index contributed by atoms with van der Waals surface area (Å²) in [7, 11) is 3.39. The predicted molar refractivity (Wildman–Crippen MR) is 104 cm³/mol. The van der Waals surface area contributed by atoms with E-state index in [2.05, 4.69) is 19.1 Å². The first-order valence-corrected chi connectivity index (χ1v) is 10.1. The van der Waals surface area contributed by atoms with E-state index in [0.717, 1.165) is 13.0 Å². The van der Waals surface area contributed by atoms with Gasteiger partial charge in [-0.3, -0.25) is 0 Å². The molecule has 0 saturated heterocycles. The minimum absolute atomic E-state index is 0.0645. The molecule has 0 rings (SSSR count). The molecule has 0 spiro atoms. The average molecular weight is 343 g/mol. The van der Waals surface area contributed by atoms with E-state index in [4.69, 9.17) is 14.2 Å². The van der Waals surface area contributed by atoms with Crippen LogP contribution in [0.25, 0.3) is 0 Å². The van der Waals surface area contributed by atoms with Crippen LogP contribution in [0.4, 0.5) is 0 Å². The van der Waals surface area contributed by atoms with Crippen molar-refractivity contribution in [2.24, 2.45) is 0 Å². The molecule has 0 bridgehead atoms. The second kappa shape index (κ2) is 20.7. The van der Waals surface area contributed by atoms with Crippen LogP contribution in [0.2, 0.25) is 0 Å². The third-order valence-electron chi connectivity index (χ3n) is 4.29. The predicted octanol–water partition coefficient (Wildman–Crippen LogP) is 5.92. The maximum atomic E-state index is 5.63. The standard InChI is InChI=1S/C21H42O3/c1-4-5-6-7-8-9-10-11-12-13-14-15-16-17-18-24-20-21(23-3)19-22-2/h9-10,21H,4-8,11-20H2,1-3H3/b10-9+. The minimum atomic E-state index is 0.0645. The third-order valence-corrected chi connectivity index (χ3v) is 4.29. The fraction of sp³-hybridized carbons (Fsp3) is 0.905. The monoisotopic (exact) mass is 342 g/mol. The highest BCUT2D eigenvalue weighted by Crippen LogP contribution is 2.09. The van der Waals surface area contributed by atoms with Crippen LogP contribution in [0, 0.1) is 0 Å². The van der Waals surface area contributed by atoms with Crippen LogP contribution in [0.1, 0.15) is 84.0 Å². The summed E-state index contributed by atoms with van der Waals surface area (Å²) in [6.07, 6.45) is 20.6. The highest BCUT2D eigenvalue weighted by molar-refractivity contribution is 4.81. The molecule has 0 radical (unpaired) electrons. The second-order valence-electron chi connectivity index (χ2n) is 6.62.